The van der Waals surface area contributed by atoms with Crippen LogP contribution in [-0.4, -0.2) is 0 Å². The predicted octanol–water partition coefficient (Wildman–Crippen LogP) is 6.54. The Labute approximate surface area is 166 Å². The molecule has 1 aliphatic heterocycles. The van der Waals surface area contributed by atoms with Gasteiger partial charge in [-0.05, 0) is 41.0 Å². The molecule has 0 radical (unpaired) electrons. The second kappa shape index (κ2) is 6.20. The lowest BCUT2D eigenvalue weighted by atomic mass is 9.91. The molecule has 0 saturated heterocycles. The number of fused-ring (bicyclic) bond motifs is 2. The van der Waals surface area contributed by atoms with Crippen LogP contribution in [0.3, 0.4) is 0 Å². The number of pyridine rings is 1. The molecule has 0 unspecified atom stereocenters. The van der Waals surface area contributed by atoms with Crippen LogP contribution in [0.1, 0.15) is 30.9 Å². The highest BCUT2D eigenvalue weighted by Gasteiger charge is 2.31. The van der Waals surface area contributed by atoms with Gasteiger partial charge in [0.2, 0.25) is 5.75 Å². The molecule has 0 atom stereocenters. The zero-order chi connectivity index (χ0) is 19.4. The van der Waals surface area contributed by atoms with Crippen LogP contribution in [0.15, 0.2) is 66.9 Å². The normalized spacial score (nSPS) is 12.2. The summed E-state index contributed by atoms with van der Waals surface area (Å²) in [6.45, 7) is 6.64. The van der Waals surface area contributed by atoms with Crippen LogP contribution < -0.4 is 9.30 Å². The molecule has 0 aliphatic carbocycles. The fourth-order valence-electron chi connectivity index (χ4n) is 4.24. The van der Waals surface area contributed by atoms with E-state index in [-0.39, 0.29) is 0 Å². The summed E-state index contributed by atoms with van der Waals surface area (Å²) in [5.74, 6) is 2.41. The van der Waals surface area contributed by atoms with E-state index in [1.54, 1.807) is 0 Å². The summed E-state index contributed by atoms with van der Waals surface area (Å²) >= 11 is 0. The van der Waals surface area contributed by atoms with Gasteiger partial charge < -0.3 is 4.74 Å². The fourth-order valence-corrected chi connectivity index (χ4v) is 4.24. The maximum Gasteiger partial charge on any atom is 0.257 e. The first-order valence-corrected chi connectivity index (χ1v) is 9.88. The number of ether oxygens (including phenoxy) is 1. The second-order valence-electron chi connectivity index (χ2n) is 8.01. The number of aryl methyl sites for hydroxylation is 2. The van der Waals surface area contributed by atoms with Crippen molar-refractivity contribution in [3.63, 3.8) is 0 Å². The number of benzene rings is 3. The van der Waals surface area contributed by atoms with Crippen molar-refractivity contribution in [3.8, 4) is 33.9 Å². The summed E-state index contributed by atoms with van der Waals surface area (Å²) in [6.07, 6.45) is 2.14. The van der Waals surface area contributed by atoms with Crippen LogP contribution in [0, 0.1) is 6.92 Å². The number of aromatic nitrogens is 1. The van der Waals surface area contributed by atoms with Crippen molar-refractivity contribution in [1.82, 2.24) is 0 Å². The molecule has 0 amide bonds. The van der Waals surface area contributed by atoms with Gasteiger partial charge in [0.1, 0.15) is 12.8 Å². The van der Waals surface area contributed by atoms with Crippen LogP contribution in [-0.2, 0) is 7.05 Å². The minimum Gasteiger partial charge on any atom is -0.449 e. The van der Waals surface area contributed by atoms with Crippen molar-refractivity contribution >= 4 is 10.8 Å². The highest BCUT2D eigenvalue weighted by molar-refractivity contribution is 6.05. The van der Waals surface area contributed by atoms with Gasteiger partial charge in [-0.15, -0.1) is 0 Å². The van der Waals surface area contributed by atoms with Gasteiger partial charge in [-0.25, -0.2) is 0 Å². The zero-order valence-corrected chi connectivity index (χ0v) is 16.8. The fraction of sp³-hybridized carbons (Fsp3) is 0.192. The Morgan fingerprint density at radius 3 is 2.43 bits per heavy atom. The van der Waals surface area contributed by atoms with Crippen molar-refractivity contribution in [1.29, 1.82) is 0 Å². The molecule has 138 valence electrons. The standard InChI is InChI=1S/C26H24NO/c1-16(2)18-10-12-19(13-11-18)21-14-15-27(4)25-23-17(3)8-9-20-6-5-7-22(24(20)23)28-26(21)25/h5-16H,1-4H3/q+1. The first kappa shape index (κ1) is 17.0. The van der Waals surface area contributed by atoms with Gasteiger partial charge >= 0.3 is 0 Å². The van der Waals surface area contributed by atoms with E-state index in [4.69, 9.17) is 4.74 Å². The van der Waals surface area contributed by atoms with Crippen molar-refractivity contribution in [3.05, 3.63) is 78.0 Å². The van der Waals surface area contributed by atoms with E-state index in [9.17, 15) is 0 Å². The van der Waals surface area contributed by atoms with Crippen molar-refractivity contribution in [2.45, 2.75) is 26.7 Å². The predicted molar refractivity (Wildman–Crippen MR) is 115 cm³/mol. The van der Waals surface area contributed by atoms with Gasteiger partial charge in [0, 0.05) is 17.0 Å². The molecule has 0 N–H and O–H groups in total. The molecule has 1 aliphatic rings. The van der Waals surface area contributed by atoms with Crippen LogP contribution in [0.5, 0.6) is 11.5 Å². The number of hydrogen-bond donors (Lipinski definition) is 0. The van der Waals surface area contributed by atoms with E-state index in [1.165, 1.54) is 33.0 Å². The monoisotopic (exact) mass is 366 g/mol. The molecule has 28 heavy (non-hydrogen) atoms. The highest BCUT2D eigenvalue weighted by atomic mass is 16.5. The Kier molecular flexibility index (Phi) is 3.77. The van der Waals surface area contributed by atoms with E-state index in [2.05, 4.69) is 99.2 Å². The van der Waals surface area contributed by atoms with Gasteiger partial charge in [-0.1, -0.05) is 62.4 Å². The molecular weight excluding hydrogens is 342 g/mol. The number of hydrogen-bond acceptors (Lipinski definition) is 1. The third-order valence-corrected chi connectivity index (χ3v) is 5.83. The Balaban J connectivity index is 1.80. The molecule has 5 rings (SSSR count). The molecule has 0 spiro atoms. The van der Waals surface area contributed by atoms with E-state index in [1.807, 2.05) is 0 Å². The van der Waals surface area contributed by atoms with Gasteiger partial charge in [0.05, 0.1) is 5.56 Å². The summed E-state index contributed by atoms with van der Waals surface area (Å²) in [5.41, 5.74) is 7.36. The maximum absolute atomic E-state index is 6.53. The summed E-state index contributed by atoms with van der Waals surface area (Å²) < 4.78 is 8.71. The summed E-state index contributed by atoms with van der Waals surface area (Å²) in [5, 5.41) is 2.42. The van der Waals surface area contributed by atoms with Gasteiger partial charge in [0.25, 0.3) is 5.69 Å². The first-order chi connectivity index (χ1) is 13.5. The van der Waals surface area contributed by atoms with E-state index in [0.717, 1.165) is 22.8 Å². The molecule has 0 bridgehead atoms. The summed E-state index contributed by atoms with van der Waals surface area (Å²) in [4.78, 5) is 0. The lowest BCUT2D eigenvalue weighted by Crippen LogP contribution is -2.32. The largest absolute Gasteiger partial charge is 0.449 e. The topological polar surface area (TPSA) is 13.1 Å². The molecule has 4 aromatic rings. The lowest BCUT2D eigenvalue weighted by Gasteiger charge is -2.22. The van der Waals surface area contributed by atoms with Crippen molar-refractivity contribution in [2.24, 2.45) is 7.05 Å². The third kappa shape index (κ3) is 2.45. The quantitative estimate of drug-likeness (QED) is 0.323. The summed E-state index contributed by atoms with van der Waals surface area (Å²) in [7, 11) is 2.10. The van der Waals surface area contributed by atoms with Crippen LogP contribution in [0.4, 0.5) is 0 Å². The Hall–Kier alpha value is -3.13. The first-order valence-electron chi connectivity index (χ1n) is 9.88. The molecule has 2 nitrogen and oxygen atoms in total. The van der Waals surface area contributed by atoms with Crippen LogP contribution >= 0.6 is 0 Å². The zero-order valence-electron chi connectivity index (χ0n) is 16.8. The molecule has 0 saturated carbocycles. The SMILES string of the molecule is Cc1ccc2cccc3c2c1-c1c(c(-c2ccc(C(C)C)cc2)cc[n+]1C)O3. The van der Waals surface area contributed by atoms with Gasteiger partial charge in [-0.3, -0.25) is 0 Å². The average molecular weight is 366 g/mol. The average Bonchev–Trinajstić information content (AvgIpc) is 2.70. The molecular formula is C26H24NO+. The number of nitrogens with zero attached hydrogens (tertiary/aromatic N) is 1. The summed E-state index contributed by atoms with van der Waals surface area (Å²) in [6, 6.07) is 21.7. The molecule has 2 heterocycles. The minimum atomic E-state index is 0.528. The van der Waals surface area contributed by atoms with Gasteiger partial charge in [-0.2, -0.15) is 4.57 Å². The van der Waals surface area contributed by atoms with Crippen molar-refractivity contribution in [2.75, 3.05) is 0 Å². The molecule has 2 heteroatoms. The Morgan fingerprint density at radius 2 is 1.68 bits per heavy atom. The maximum atomic E-state index is 6.53. The minimum absolute atomic E-state index is 0.528. The van der Waals surface area contributed by atoms with Crippen LogP contribution in [0.25, 0.3) is 33.2 Å². The molecule has 0 fully saturated rings. The van der Waals surface area contributed by atoms with E-state index >= 15 is 0 Å². The van der Waals surface area contributed by atoms with E-state index in [0.29, 0.717) is 5.92 Å². The molecule has 3 aromatic carbocycles. The molecule has 1 aromatic heterocycles. The lowest BCUT2D eigenvalue weighted by molar-refractivity contribution is -0.660. The highest BCUT2D eigenvalue weighted by Crippen LogP contribution is 2.49. The van der Waals surface area contributed by atoms with E-state index < -0.39 is 0 Å². The van der Waals surface area contributed by atoms with Crippen molar-refractivity contribution < 1.29 is 9.30 Å². The second-order valence-corrected chi connectivity index (χ2v) is 8.01. The Morgan fingerprint density at radius 1 is 0.893 bits per heavy atom. The third-order valence-electron chi connectivity index (χ3n) is 5.83. The van der Waals surface area contributed by atoms with Gasteiger partial charge in [0.15, 0.2) is 6.20 Å². The Bertz CT molecular complexity index is 1220. The van der Waals surface area contributed by atoms with Crippen LogP contribution in [0.2, 0.25) is 0 Å². The number of rotatable bonds is 2. The smallest absolute Gasteiger partial charge is 0.257 e.